The summed E-state index contributed by atoms with van der Waals surface area (Å²) in [6.07, 6.45) is 2.65. The van der Waals surface area contributed by atoms with Crippen LogP contribution in [0, 0.1) is 0 Å². The lowest BCUT2D eigenvalue weighted by atomic mass is 10.4. The largest absolute Gasteiger partial charge is 0.346 e. The highest BCUT2D eigenvalue weighted by molar-refractivity contribution is 7.54. The summed E-state index contributed by atoms with van der Waals surface area (Å²) in [7, 11) is -8.65. The zero-order valence-electron chi connectivity index (χ0n) is 25.5. The lowest BCUT2D eigenvalue weighted by molar-refractivity contribution is 0.171. The van der Waals surface area contributed by atoms with E-state index in [-0.39, 0.29) is 0 Å². The highest BCUT2D eigenvalue weighted by atomic mass is 35.5. The van der Waals surface area contributed by atoms with Crippen molar-refractivity contribution in [3.8, 4) is 0 Å². The Kier molecular flexibility index (Phi) is 26.4. The van der Waals surface area contributed by atoms with Gasteiger partial charge in [0.2, 0.25) is 0 Å². The maximum absolute atomic E-state index is 12.9. The Morgan fingerprint density at radius 2 is 1.13 bits per heavy atom. The van der Waals surface area contributed by atoms with Crippen LogP contribution in [0.25, 0.3) is 0 Å². The van der Waals surface area contributed by atoms with Gasteiger partial charge in [0.05, 0.1) is 19.8 Å². The molecule has 0 bridgehead atoms. The number of hydrogen-bond acceptors (Lipinski definition) is 6. The van der Waals surface area contributed by atoms with Gasteiger partial charge in [-0.25, -0.2) is 28.9 Å². The Morgan fingerprint density at radius 3 is 1.64 bits per heavy atom. The third-order valence-electron chi connectivity index (χ3n) is 6.47. The molecule has 0 spiro atoms. The first-order chi connectivity index (χ1) is 21.6. The lowest BCUT2D eigenvalue weighted by Gasteiger charge is -2.40. The average Bonchev–Trinajstić information content (AvgIpc) is 3.03. The molecule has 3 rings (SSSR count). The van der Waals surface area contributed by atoms with Crippen LogP contribution in [0.4, 0.5) is 0 Å². The zero-order valence-corrected chi connectivity index (χ0v) is 33.5. The fourth-order valence-corrected chi connectivity index (χ4v) is 13.0. The highest BCUT2D eigenvalue weighted by Crippen LogP contribution is 2.56. The molecule has 12 nitrogen and oxygen atoms in total. The first-order valence-electron chi connectivity index (χ1n) is 14.8. The molecule has 0 aromatic carbocycles. The van der Waals surface area contributed by atoms with Crippen LogP contribution in [0.2, 0.25) is 0 Å². The molecule has 0 aromatic rings. The Balaban J connectivity index is 0.000000340. The van der Waals surface area contributed by atoms with Crippen molar-refractivity contribution in [3.05, 3.63) is 0 Å². The van der Waals surface area contributed by atoms with Gasteiger partial charge >= 0.3 is 23.0 Å². The summed E-state index contributed by atoms with van der Waals surface area (Å²) in [5, 5.41) is 5.76. The summed E-state index contributed by atoms with van der Waals surface area (Å²) in [4.78, 5) is 0. The smallest absolute Gasteiger partial charge is 0.306 e. The molecule has 0 aliphatic carbocycles. The van der Waals surface area contributed by atoms with E-state index in [1.807, 2.05) is 4.67 Å². The van der Waals surface area contributed by atoms with Crippen LogP contribution in [0.3, 0.4) is 0 Å². The molecule has 3 heterocycles. The molecule has 0 amide bonds. The van der Waals surface area contributed by atoms with E-state index in [4.69, 9.17) is 94.8 Å². The van der Waals surface area contributed by atoms with E-state index in [9.17, 15) is 13.7 Å². The zero-order chi connectivity index (χ0) is 33.6. The van der Waals surface area contributed by atoms with E-state index in [1.165, 1.54) is 0 Å². The summed E-state index contributed by atoms with van der Waals surface area (Å²) in [6, 6.07) is 0. The molecule has 3 aliphatic rings. The number of rotatable bonds is 17. The molecule has 2 N–H and O–H groups in total. The molecule has 22 heteroatoms. The van der Waals surface area contributed by atoms with Crippen molar-refractivity contribution in [3.63, 3.8) is 0 Å². The summed E-state index contributed by atoms with van der Waals surface area (Å²) in [5.41, 5.74) is 0. The second kappa shape index (κ2) is 26.2. The van der Waals surface area contributed by atoms with Crippen molar-refractivity contribution < 1.29 is 27.3 Å². The predicted octanol–water partition coefficient (Wildman–Crippen LogP) is 6.60. The maximum Gasteiger partial charge on any atom is 0.346 e. The molecule has 0 radical (unpaired) electrons. The van der Waals surface area contributed by atoms with Crippen molar-refractivity contribution >= 4 is 104 Å². The number of halogens is 7. The van der Waals surface area contributed by atoms with E-state index in [2.05, 4.69) is 10.2 Å². The van der Waals surface area contributed by atoms with Crippen LogP contribution in [0.15, 0.2) is 0 Å². The Labute approximate surface area is 304 Å². The van der Waals surface area contributed by atoms with Crippen LogP contribution in [0.1, 0.15) is 19.3 Å². The fourth-order valence-electron chi connectivity index (χ4n) is 4.39. The van der Waals surface area contributed by atoms with Gasteiger partial charge in [-0.1, -0.05) is 0 Å². The SMILES string of the molecule is O=P1(N(CCCl)CCCl)NCCCO1.O=P1(N(CCCl)CCCl)OCCCN1CCCl.O=P1(NCCCl)OCCCN1CCCl. The molecule has 0 saturated carbocycles. The standard InChI is InChI=1S/C9H18Cl3N2O2P.2C7H15Cl2N2O2P/c10-2-6-13-5-1-9-16-17(13,15)14(7-3-11)8-4-12;8-2-4-10-14(12)11(6-3-9)5-1-7-13-14;8-2-5-11(6-3-9)14(12)10-4-1-7-13-14/h1-9H2;2*1-7H2,(H,10,12). The first-order valence-corrected chi connectivity index (χ1v) is 23.2. The van der Waals surface area contributed by atoms with Crippen molar-refractivity contribution in [2.75, 3.05) is 126 Å². The van der Waals surface area contributed by atoms with Gasteiger partial charge in [-0.2, -0.15) is 0 Å². The van der Waals surface area contributed by atoms with Gasteiger partial charge in [-0.15, -0.1) is 81.2 Å². The molecule has 3 aliphatic heterocycles. The van der Waals surface area contributed by atoms with Gasteiger partial charge in [0.15, 0.2) is 0 Å². The Morgan fingerprint density at radius 1 is 0.622 bits per heavy atom. The van der Waals surface area contributed by atoms with Crippen molar-refractivity contribution in [2.45, 2.75) is 19.3 Å². The van der Waals surface area contributed by atoms with Gasteiger partial charge in [0.1, 0.15) is 0 Å². The van der Waals surface area contributed by atoms with Gasteiger partial charge in [0, 0.05) is 107 Å². The molecular weight excluding hydrogens is 797 g/mol. The normalized spacial score (nSPS) is 27.9. The number of alkyl halides is 7. The third-order valence-corrected chi connectivity index (χ3v) is 15.0. The van der Waals surface area contributed by atoms with Crippen LogP contribution >= 0.6 is 104 Å². The Bertz CT molecular complexity index is 892. The minimum absolute atomic E-state index is 0.402. The predicted molar refractivity (Wildman–Crippen MR) is 192 cm³/mol. The molecule has 3 fully saturated rings. The van der Waals surface area contributed by atoms with Crippen LogP contribution in [-0.4, -0.2) is 145 Å². The van der Waals surface area contributed by atoms with E-state index in [0.717, 1.165) is 38.9 Å². The minimum Gasteiger partial charge on any atom is -0.306 e. The summed E-state index contributed by atoms with van der Waals surface area (Å²) < 4.78 is 60.4. The van der Waals surface area contributed by atoms with Crippen molar-refractivity contribution in [2.24, 2.45) is 0 Å². The topological polar surface area (TPSA) is 116 Å². The highest BCUT2D eigenvalue weighted by Gasteiger charge is 2.40. The maximum atomic E-state index is 12.9. The molecular formula is C23H48Cl7N6O6P3. The van der Waals surface area contributed by atoms with Gasteiger partial charge in [-0.05, 0) is 19.3 Å². The minimum atomic E-state index is -2.97. The second-order valence-electron chi connectivity index (χ2n) is 9.55. The lowest BCUT2D eigenvalue weighted by Crippen LogP contribution is -2.39. The monoisotopic (exact) mass is 842 g/mol. The van der Waals surface area contributed by atoms with Gasteiger partial charge in [0.25, 0.3) is 0 Å². The number of hydrogen-bond donors (Lipinski definition) is 2. The second-order valence-corrected chi connectivity index (χ2v) is 18.9. The number of nitrogens with zero attached hydrogens (tertiary/aromatic N) is 4. The molecule has 3 atom stereocenters. The van der Waals surface area contributed by atoms with E-state index in [0.29, 0.717) is 107 Å². The molecule has 0 aromatic heterocycles. The Hall–Kier alpha value is 2.36. The molecule has 45 heavy (non-hydrogen) atoms. The van der Waals surface area contributed by atoms with Crippen LogP contribution in [-0.2, 0) is 27.3 Å². The molecule has 270 valence electrons. The fraction of sp³-hybridized carbons (Fsp3) is 1.00. The summed E-state index contributed by atoms with van der Waals surface area (Å²) >= 11 is 39.6. The quantitative estimate of drug-likeness (QED) is 0.121. The van der Waals surface area contributed by atoms with Crippen LogP contribution in [0.5, 0.6) is 0 Å². The average molecular weight is 846 g/mol. The van der Waals surface area contributed by atoms with Crippen LogP contribution < -0.4 is 10.2 Å². The van der Waals surface area contributed by atoms with Gasteiger partial charge < -0.3 is 13.6 Å². The van der Waals surface area contributed by atoms with Crippen molar-refractivity contribution in [1.29, 1.82) is 0 Å². The third kappa shape index (κ3) is 16.1. The van der Waals surface area contributed by atoms with E-state index >= 15 is 0 Å². The summed E-state index contributed by atoms with van der Waals surface area (Å²) in [5.74, 6) is 2.96. The summed E-state index contributed by atoms with van der Waals surface area (Å²) in [6.45, 7) is 7.48. The van der Waals surface area contributed by atoms with Gasteiger partial charge in [-0.3, -0.25) is 13.7 Å². The number of nitrogens with one attached hydrogen (secondary N) is 2. The van der Waals surface area contributed by atoms with Crippen molar-refractivity contribution in [1.82, 2.24) is 28.9 Å². The van der Waals surface area contributed by atoms with E-state index in [1.54, 1.807) is 14.0 Å². The molecule has 3 saturated heterocycles. The van der Waals surface area contributed by atoms with E-state index < -0.39 is 23.0 Å². The molecule has 3 unspecified atom stereocenters. The first kappa shape index (κ1) is 45.4.